The predicted molar refractivity (Wildman–Crippen MR) is 90.2 cm³/mol. The highest BCUT2D eigenvalue weighted by atomic mass is 35.5. The van der Waals surface area contributed by atoms with Crippen LogP contribution in [-0.4, -0.2) is 18.1 Å². The lowest BCUT2D eigenvalue weighted by Gasteiger charge is -2.28. The van der Waals surface area contributed by atoms with E-state index in [9.17, 15) is 0 Å². The van der Waals surface area contributed by atoms with E-state index in [2.05, 4.69) is 34.1 Å². The van der Waals surface area contributed by atoms with E-state index in [1.807, 2.05) is 19.9 Å². The second-order valence-electron chi connectivity index (χ2n) is 5.82. The lowest BCUT2D eigenvalue weighted by atomic mass is 10.1. The summed E-state index contributed by atoms with van der Waals surface area (Å²) in [6.07, 6.45) is 3.95. The van der Waals surface area contributed by atoms with Crippen molar-refractivity contribution in [2.45, 2.75) is 33.1 Å². The lowest BCUT2D eigenvalue weighted by molar-refractivity contribution is 0.578. The molecule has 0 spiro atoms. The van der Waals surface area contributed by atoms with Crippen LogP contribution >= 0.6 is 11.6 Å². The Morgan fingerprint density at radius 3 is 2.33 bits per heavy atom. The molecule has 0 unspecified atom stereocenters. The number of nitrogens with zero attached hydrogens (tertiary/aromatic N) is 2. The summed E-state index contributed by atoms with van der Waals surface area (Å²) >= 11 is 6.35. The van der Waals surface area contributed by atoms with Crippen molar-refractivity contribution in [1.29, 1.82) is 0 Å². The highest BCUT2D eigenvalue weighted by Crippen LogP contribution is 2.29. The van der Waals surface area contributed by atoms with Gasteiger partial charge in [0.1, 0.15) is 0 Å². The molecule has 1 aromatic carbocycles. The summed E-state index contributed by atoms with van der Waals surface area (Å²) in [7, 11) is 0. The van der Waals surface area contributed by atoms with E-state index >= 15 is 0 Å². The molecular weight excluding hydrogens is 280 g/mol. The maximum atomic E-state index is 6.35. The number of piperidine rings is 1. The quantitative estimate of drug-likeness (QED) is 0.775. The van der Waals surface area contributed by atoms with E-state index in [0.717, 1.165) is 27.5 Å². The summed E-state index contributed by atoms with van der Waals surface area (Å²) in [4.78, 5) is 7.10. The van der Waals surface area contributed by atoms with Gasteiger partial charge in [-0.3, -0.25) is 4.98 Å². The molecule has 0 radical (unpaired) electrons. The Balaban J connectivity index is 1.88. The fourth-order valence-electron chi connectivity index (χ4n) is 2.86. The topological polar surface area (TPSA) is 16.1 Å². The summed E-state index contributed by atoms with van der Waals surface area (Å²) in [5, 5.41) is 0.726. The van der Waals surface area contributed by atoms with Crippen LogP contribution in [-0.2, 0) is 0 Å². The van der Waals surface area contributed by atoms with Crippen molar-refractivity contribution in [3.05, 3.63) is 46.6 Å². The molecule has 0 aliphatic carbocycles. The minimum atomic E-state index is 0.726. The molecule has 1 aliphatic rings. The zero-order valence-electron chi connectivity index (χ0n) is 12.7. The average Bonchev–Trinajstić information content (AvgIpc) is 2.52. The van der Waals surface area contributed by atoms with Crippen molar-refractivity contribution < 1.29 is 0 Å². The van der Waals surface area contributed by atoms with Crippen molar-refractivity contribution >= 4 is 17.3 Å². The average molecular weight is 301 g/mol. The number of aromatic nitrogens is 1. The molecule has 1 saturated heterocycles. The number of benzene rings is 1. The number of rotatable bonds is 2. The summed E-state index contributed by atoms with van der Waals surface area (Å²) in [5.74, 6) is 0. The van der Waals surface area contributed by atoms with Gasteiger partial charge in [0.15, 0.2) is 0 Å². The number of hydrogen-bond donors (Lipinski definition) is 0. The highest BCUT2D eigenvalue weighted by molar-refractivity contribution is 6.33. The Kier molecular flexibility index (Phi) is 4.16. The van der Waals surface area contributed by atoms with Gasteiger partial charge in [0, 0.05) is 30.0 Å². The minimum Gasteiger partial charge on any atom is -0.372 e. The molecule has 0 N–H and O–H groups in total. The van der Waals surface area contributed by atoms with E-state index in [1.54, 1.807) is 0 Å². The van der Waals surface area contributed by atoms with Crippen LogP contribution in [0.5, 0.6) is 0 Å². The third-order valence-electron chi connectivity index (χ3n) is 4.28. The first-order chi connectivity index (χ1) is 10.1. The normalized spacial score (nSPS) is 15.3. The third-order valence-corrected chi connectivity index (χ3v) is 4.57. The van der Waals surface area contributed by atoms with Crippen molar-refractivity contribution in [3.63, 3.8) is 0 Å². The van der Waals surface area contributed by atoms with Gasteiger partial charge in [-0.05, 0) is 56.9 Å². The molecule has 0 saturated carbocycles. The van der Waals surface area contributed by atoms with Crippen molar-refractivity contribution in [2.24, 2.45) is 0 Å². The van der Waals surface area contributed by atoms with Gasteiger partial charge in [-0.1, -0.05) is 23.7 Å². The monoisotopic (exact) mass is 300 g/mol. The number of halogens is 1. The Morgan fingerprint density at radius 2 is 1.67 bits per heavy atom. The van der Waals surface area contributed by atoms with E-state index in [1.165, 1.54) is 38.0 Å². The highest BCUT2D eigenvalue weighted by Gasteiger charge is 2.12. The Morgan fingerprint density at radius 1 is 1.00 bits per heavy atom. The first kappa shape index (κ1) is 14.4. The van der Waals surface area contributed by atoms with Crippen molar-refractivity contribution in [3.8, 4) is 11.3 Å². The molecule has 0 bridgehead atoms. The van der Waals surface area contributed by atoms with Crippen molar-refractivity contribution in [2.75, 3.05) is 18.0 Å². The number of hydrogen-bond acceptors (Lipinski definition) is 2. The predicted octanol–water partition coefficient (Wildman–Crippen LogP) is 5.01. The van der Waals surface area contributed by atoms with Gasteiger partial charge in [0.25, 0.3) is 0 Å². The summed E-state index contributed by atoms with van der Waals surface area (Å²) in [6, 6.07) is 10.6. The van der Waals surface area contributed by atoms with E-state index in [4.69, 9.17) is 11.6 Å². The lowest BCUT2D eigenvalue weighted by Crippen LogP contribution is -2.29. The molecule has 1 aliphatic heterocycles. The second kappa shape index (κ2) is 6.07. The third kappa shape index (κ3) is 3.06. The molecule has 2 heterocycles. The minimum absolute atomic E-state index is 0.726. The van der Waals surface area contributed by atoms with E-state index in [0.29, 0.717) is 0 Å². The molecule has 1 fully saturated rings. The second-order valence-corrected chi connectivity index (χ2v) is 6.22. The van der Waals surface area contributed by atoms with Gasteiger partial charge < -0.3 is 4.90 Å². The summed E-state index contributed by atoms with van der Waals surface area (Å²) in [5.41, 5.74) is 5.44. The first-order valence-electron chi connectivity index (χ1n) is 7.64. The maximum absolute atomic E-state index is 6.35. The van der Waals surface area contributed by atoms with Crippen LogP contribution in [0.2, 0.25) is 5.02 Å². The number of anilines is 1. The molecular formula is C18H21ClN2. The summed E-state index contributed by atoms with van der Waals surface area (Å²) in [6.45, 7) is 6.40. The maximum Gasteiger partial charge on any atom is 0.0891 e. The van der Waals surface area contributed by atoms with Gasteiger partial charge >= 0.3 is 0 Å². The first-order valence-corrected chi connectivity index (χ1v) is 8.02. The Hall–Kier alpha value is -1.54. The molecule has 0 atom stereocenters. The van der Waals surface area contributed by atoms with Gasteiger partial charge in [-0.15, -0.1) is 0 Å². The molecule has 1 aromatic heterocycles. The molecule has 3 rings (SSSR count). The van der Waals surface area contributed by atoms with E-state index < -0.39 is 0 Å². The van der Waals surface area contributed by atoms with Crippen LogP contribution < -0.4 is 4.90 Å². The fraction of sp³-hybridized carbons (Fsp3) is 0.389. The smallest absolute Gasteiger partial charge is 0.0891 e. The van der Waals surface area contributed by atoms with Crippen LogP contribution in [0, 0.1) is 13.8 Å². The van der Waals surface area contributed by atoms with Gasteiger partial charge in [-0.25, -0.2) is 0 Å². The number of aryl methyl sites for hydroxylation is 2. The van der Waals surface area contributed by atoms with Crippen molar-refractivity contribution in [1.82, 2.24) is 4.98 Å². The van der Waals surface area contributed by atoms with Gasteiger partial charge in [0.2, 0.25) is 0 Å². The van der Waals surface area contributed by atoms with Gasteiger partial charge in [-0.2, -0.15) is 0 Å². The molecule has 0 amide bonds. The Bertz CT molecular complexity index is 628. The molecule has 2 nitrogen and oxygen atoms in total. The van der Waals surface area contributed by atoms with Crippen LogP contribution in [0.1, 0.15) is 30.5 Å². The van der Waals surface area contributed by atoms with Gasteiger partial charge in [0.05, 0.1) is 10.7 Å². The zero-order valence-corrected chi connectivity index (χ0v) is 13.5. The Labute approximate surface area is 131 Å². The fourth-order valence-corrected chi connectivity index (χ4v) is 3.17. The molecule has 2 aromatic rings. The van der Waals surface area contributed by atoms with Crippen LogP contribution in [0.3, 0.4) is 0 Å². The molecule has 21 heavy (non-hydrogen) atoms. The largest absolute Gasteiger partial charge is 0.372 e. The van der Waals surface area contributed by atoms with Crippen LogP contribution in [0.25, 0.3) is 11.3 Å². The van der Waals surface area contributed by atoms with Crippen LogP contribution in [0.4, 0.5) is 5.69 Å². The zero-order chi connectivity index (χ0) is 14.8. The summed E-state index contributed by atoms with van der Waals surface area (Å²) < 4.78 is 0. The van der Waals surface area contributed by atoms with E-state index in [-0.39, 0.29) is 0 Å². The SMILES string of the molecule is Cc1cc(Cl)c(-c2ccc(N3CCCCC3)cc2)nc1C. The molecule has 110 valence electrons. The standard InChI is InChI=1S/C18H21ClN2/c1-13-12-17(19)18(20-14(13)2)15-6-8-16(9-7-15)21-10-4-3-5-11-21/h6-9,12H,3-5,10-11H2,1-2H3. The number of pyridine rings is 1. The van der Waals surface area contributed by atoms with Crippen LogP contribution in [0.15, 0.2) is 30.3 Å². The molecule has 3 heteroatoms.